The largest absolute Gasteiger partial charge is 0.497 e. The molecule has 1 fully saturated rings. The van der Waals surface area contributed by atoms with E-state index in [9.17, 15) is 24.0 Å². The average molecular weight is 599 g/mol. The molecule has 43 heavy (non-hydrogen) atoms. The molecule has 4 rings (SSSR count). The molecule has 5 atom stereocenters. The Morgan fingerprint density at radius 3 is 1.98 bits per heavy atom. The van der Waals surface area contributed by atoms with E-state index in [0.717, 1.165) is 20.8 Å². The Kier molecular flexibility index (Phi) is 9.66. The van der Waals surface area contributed by atoms with Crippen LogP contribution in [0.1, 0.15) is 27.7 Å². The van der Waals surface area contributed by atoms with Crippen LogP contribution >= 0.6 is 0 Å². The van der Waals surface area contributed by atoms with Crippen molar-refractivity contribution >= 4 is 34.8 Å². The maximum atomic E-state index is 13.5. The molecule has 2 heterocycles. The van der Waals surface area contributed by atoms with Crippen LogP contribution in [0.25, 0.3) is 22.1 Å². The van der Waals surface area contributed by atoms with Gasteiger partial charge in [-0.25, -0.2) is 0 Å². The molecule has 0 amide bonds. The third kappa shape index (κ3) is 7.49. The second kappa shape index (κ2) is 13.4. The summed E-state index contributed by atoms with van der Waals surface area (Å²) in [6.07, 6.45) is -5.47. The van der Waals surface area contributed by atoms with E-state index in [-0.39, 0.29) is 22.1 Å². The first kappa shape index (κ1) is 31.0. The SMILES string of the molecule is COc1ccc(-c2coc3ccc(O[C@@H]4O[C@H](COC(C)=O)[C@H](OC(C)=O)[C@H](OC(C)=O)[C@@H]4OC(C)=O)cc3c2=O)cc1. The Hall–Kier alpha value is -4.91. The van der Waals surface area contributed by atoms with Crippen molar-refractivity contribution in [1.29, 1.82) is 0 Å². The minimum Gasteiger partial charge on any atom is -0.497 e. The number of carbonyl (C=O) groups excluding carboxylic acids is 4. The van der Waals surface area contributed by atoms with Crippen molar-refractivity contribution in [3.63, 3.8) is 0 Å². The van der Waals surface area contributed by atoms with Crippen molar-refractivity contribution in [3.05, 3.63) is 59.0 Å². The molecule has 0 bridgehead atoms. The summed E-state index contributed by atoms with van der Waals surface area (Å²) in [6.45, 7) is 4.12. The summed E-state index contributed by atoms with van der Waals surface area (Å²) in [5.74, 6) is -2.23. The molecule has 13 heteroatoms. The normalized spacial score (nSPS) is 21.4. The first-order valence-corrected chi connectivity index (χ1v) is 13.1. The van der Waals surface area contributed by atoms with Gasteiger partial charge in [0.15, 0.2) is 12.2 Å². The first-order chi connectivity index (χ1) is 20.5. The molecule has 3 aromatic rings. The molecule has 1 aromatic heterocycles. The Labute approximate surface area is 245 Å². The van der Waals surface area contributed by atoms with Crippen LogP contribution < -0.4 is 14.9 Å². The molecular formula is C30H30O13. The van der Waals surface area contributed by atoms with Crippen molar-refractivity contribution < 1.29 is 56.8 Å². The molecule has 13 nitrogen and oxygen atoms in total. The number of hydrogen-bond donors (Lipinski definition) is 0. The Balaban J connectivity index is 1.73. The monoisotopic (exact) mass is 598 g/mol. The number of esters is 4. The van der Waals surface area contributed by atoms with E-state index in [4.69, 9.17) is 37.6 Å². The molecule has 0 saturated carbocycles. The summed E-state index contributed by atoms with van der Waals surface area (Å²) in [5, 5.41) is 0.177. The predicted molar refractivity (Wildman–Crippen MR) is 147 cm³/mol. The molecule has 2 aromatic carbocycles. The van der Waals surface area contributed by atoms with Gasteiger partial charge in [0.05, 0.1) is 18.1 Å². The van der Waals surface area contributed by atoms with Crippen molar-refractivity contribution in [1.82, 2.24) is 0 Å². The van der Waals surface area contributed by atoms with Crippen LogP contribution in [-0.2, 0) is 42.9 Å². The van der Waals surface area contributed by atoms with E-state index in [1.54, 1.807) is 24.3 Å². The standard InChI is InChI=1S/C30H30O13/c1-15(31)37-14-25-27(39-16(2)32)28(40-17(3)33)29(41-18(4)34)30(43-25)42-21-10-11-24-22(12-21)26(35)23(13-38-24)19-6-8-20(36-5)9-7-19/h6-13,25,27-30H,14H2,1-5H3/t25-,27+,28+,29+,30-/m1/s1. The van der Waals surface area contributed by atoms with E-state index < -0.39 is 61.2 Å². The highest BCUT2D eigenvalue weighted by Crippen LogP contribution is 2.32. The lowest BCUT2D eigenvalue weighted by Crippen LogP contribution is -2.63. The fraction of sp³-hybridized carbons (Fsp3) is 0.367. The zero-order valence-electron chi connectivity index (χ0n) is 24.0. The van der Waals surface area contributed by atoms with Crippen molar-refractivity contribution in [3.8, 4) is 22.6 Å². The summed E-state index contributed by atoms with van der Waals surface area (Å²) in [6, 6.07) is 11.3. The van der Waals surface area contributed by atoms with Crippen LogP contribution in [-0.4, -0.2) is 68.3 Å². The maximum Gasteiger partial charge on any atom is 0.303 e. The molecule has 1 aliphatic heterocycles. The van der Waals surface area contributed by atoms with Gasteiger partial charge in [-0.1, -0.05) is 12.1 Å². The zero-order valence-corrected chi connectivity index (χ0v) is 24.0. The summed E-state index contributed by atoms with van der Waals surface area (Å²) in [5.41, 5.74) is 0.816. The average Bonchev–Trinajstić information content (AvgIpc) is 2.95. The fourth-order valence-electron chi connectivity index (χ4n) is 4.57. The fourth-order valence-corrected chi connectivity index (χ4v) is 4.57. The van der Waals surface area contributed by atoms with E-state index in [2.05, 4.69) is 0 Å². The number of fused-ring (bicyclic) bond motifs is 1. The van der Waals surface area contributed by atoms with Gasteiger partial charge in [-0.15, -0.1) is 0 Å². The van der Waals surface area contributed by atoms with Gasteiger partial charge in [-0.3, -0.25) is 24.0 Å². The number of benzene rings is 2. The lowest BCUT2D eigenvalue weighted by Gasteiger charge is -2.43. The molecule has 0 radical (unpaired) electrons. The number of ether oxygens (including phenoxy) is 7. The Morgan fingerprint density at radius 2 is 1.37 bits per heavy atom. The van der Waals surface area contributed by atoms with Gasteiger partial charge in [0.2, 0.25) is 17.8 Å². The van der Waals surface area contributed by atoms with Crippen molar-refractivity contribution in [2.45, 2.75) is 58.4 Å². The highest BCUT2D eigenvalue weighted by molar-refractivity contribution is 5.83. The predicted octanol–water partition coefficient (Wildman–Crippen LogP) is 2.93. The maximum absolute atomic E-state index is 13.5. The number of rotatable bonds is 9. The minimum atomic E-state index is -1.46. The third-order valence-corrected chi connectivity index (χ3v) is 6.35. The van der Waals surface area contributed by atoms with Crippen molar-refractivity contribution in [2.24, 2.45) is 0 Å². The van der Waals surface area contributed by atoms with Crippen LogP contribution in [0.5, 0.6) is 11.5 Å². The summed E-state index contributed by atoms with van der Waals surface area (Å²) >= 11 is 0. The van der Waals surface area contributed by atoms with E-state index in [0.29, 0.717) is 16.9 Å². The molecule has 0 N–H and O–H groups in total. The first-order valence-electron chi connectivity index (χ1n) is 13.1. The van der Waals surface area contributed by atoms with Crippen molar-refractivity contribution in [2.75, 3.05) is 13.7 Å². The quantitative estimate of drug-likeness (QED) is 0.261. The van der Waals surface area contributed by atoms with Gasteiger partial charge in [-0.05, 0) is 35.9 Å². The lowest BCUT2D eigenvalue weighted by molar-refractivity contribution is -0.288. The molecule has 1 saturated heterocycles. The molecule has 0 spiro atoms. The third-order valence-electron chi connectivity index (χ3n) is 6.35. The van der Waals surface area contributed by atoms with Crippen LogP contribution in [0, 0.1) is 0 Å². The Bertz CT molecular complexity index is 1560. The van der Waals surface area contributed by atoms with Gasteiger partial charge in [0.25, 0.3) is 0 Å². The van der Waals surface area contributed by atoms with Gasteiger partial charge in [0, 0.05) is 27.7 Å². The van der Waals surface area contributed by atoms with E-state index in [1.165, 1.54) is 38.5 Å². The smallest absolute Gasteiger partial charge is 0.303 e. The van der Waals surface area contributed by atoms with Gasteiger partial charge < -0.3 is 37.6 Å². The molecular weight excluding hydrogens is 568 g/mol. The van der Waals surface area contributed by atoms with Crippen LogP contribution in [0.2, 0.25) is 0 Å². The topological polar surface area (TPSA) is 163 Å². The number of methoxy groups -OCH3 is 1. The molecule has 0 aliphatic carbocycles. The highest BCUT2D eigenvalue weighted by atomic mass is 16.7. The van der Waals surface area contributed by atoms with E-state index in [1.807, 2.05) is 0 Å². The van der Waals surface area contributed by atoms with E-state index >= 15 is 0 Å². The summed E-state index contributed by atoms with van der Waals surface area (Å²) in [4.78, 5) is 61.1. The molecule has 1 aliphatic rings. The van der Waals surface area contributed by atoms with Gasteiger partial charge in [-0.2, -0.15) is 0 Å². The summed E-state index contributed by atoms with van der Waals surface area (Å²) in [7, 11) is 1.53. The lowest BCUT2D eigenvalue weighted by atomic mass is 9.98. The second-order valence-electron chi connectivity index (χ2n) is 9.55. The van der Waals surface area contributed by atoms with Crippen LogP contribution in [0.3, 0.4) is 0 Å². The number of hydrogen-bond acceptors (Lipinski definition) is 13. The summed E-state index contributed by atoms with van der Waals surface area (Å²) < 4.78 is 44.2. The highest BCUT2D eigenvalue weighted by Gasteiger charge is 2.53. The number of carbonyl (C=O) groups is 4. The Morgan fingerprint density at radius 1 is 0.767 bits per heavy atom. The zero-order chi connectivity index (χ0) is 31.3. The second-order valence-corrected chi connectivity index (χ2v) is 9.55. The molecule has 0 unspecified atom stereocenters. The minimum absolute atomic E-state index is 0.104. The van der Waals surface area contributed by atoms with Crippen LogP contribution in [0.4, 0.5) is 0 Å². The molecule has 228 valence electrons. The van der Waals surface area contributed by atoms with Gasteiger partial charge >= 0.3 is 23.9 Å². The van der Waals surface area contributed by atoms with Gasteiger partial charge in [0.1, 0.15) is 36.1 Å². The van der Waals surface area contributed by atoms with Crippen LogP contribution in [0.15, 0.2) is 57.9 Å².